The van der Waals surface area contributed by atoms with Crippen LogP contribution in [0.3, 0.4) is 0 Å². The van der Waals surface area contributed by atoms with Gasteiger partial charge in [-0.3, -0.25) is 0 Å². The molecule has 0 saturated heterocycles. The van der Waals surface area contributed by atoms with E-state index in [1.807, 2.05) is 30.3 Å². The molecular weight excluding hydrogens is 260 g/mol. The van der Waals surface area contributed by atoms with E-state index in [9.17, 15) is 0 Å². The molecule has 2 rings (SSSR count). The Hall–Kier alpha value is -1.96. The molecule has 2 aromatic rings. The number of rotatable bonds is 9. The quantitative estimate of drug-likeness (QED) is 0.611. The van der Waals surface area contributed by atoms with Gasteiger partial charge in [0, 0.05) is 0 Å². The SMILES string of the molecule is CCCOc1ccc(CCCCOc2ccccc2)cc1. The number of ether oxygens (including phenoxy) is 2. The van der Waals surface area contributed by atoms with Crippen molar-refractivity contribution >= 4 is 0 Å². The van der Waals surface area contributed by atoms with Crippen molar-refractivity contribution < 1.29 is 9.47 Å². The fourth-order valence-electron chi connectivity index (χ4n) is 2.11. The monoisotopic (exact) mass is 284 g/mol. The third-order valence-corrected chi connectivity index (χ3v) is 3.27. The Balaban J connectivity index is 1.62. The van der Waals surface area contributed by atoms with Crippen LogP contribution >= 0.6 is 0 Å². The van der Waals surface area contributed by atoms with Crippen LogP contribution in [0.5, 0.6) is 11.5 Å². The van der Waals surface area contributed by atoms with Gasteiger partial charge in [-0.2, -0.15) is 0 Å². The summed E-state index contributed by atoms with van der Waals surface area (Å²) in [6, 6.07) is 18.4. The summed E-state index contributed by atoms with van der Waals surface area (Å²) in [5.74, 6) is 1.92. The molecular formula is C19H24O2. The summed E-state index contributed by atoms with van der Waals surface area (Å²) in [6.45, 7) is 3.68. The molecule has 0 fully saturated rings. The van der Waals surface area contributed by atoms with Crippen LogP contribution in [0.4, 0.5) is 0 Å². The molecule has 0 N–H and O–H groups in total. The Labute approximate surface area is 127 Å². The predicted octanol–water partition coefficient (Wildman–Crippen LogP) is 4.88. The number of aryl methyl sites for hydroxylation is 1. The summed E-state index contributed by atoms with van der Waals surface area (Å²) in [4.78, 5) is 0. The molecule has 0 radical (unpaired) electrons. The van der Waals surface area contributed by atoms with Crippen LogP contribution in [0.25, 0.3) is 0 Å². The van der Waals surface area contributed by atoms with E-state index in [1.165, 1.54) is 5.56 Å². The van der Waals surface area contributed by atoms with E-state index < -0.39 is 0 Å². The fraction of sp³-hybridized carbons (Fsp3) is 0.368. The van der Waals surface area contributed by atoms with Gasteiger partial charge < -0.3 is 9.47 Å². The minimum absolute atomic E-state index is 0.779. The van der Waals surface area contributed by atoms with Gasteiger partial charge in [-0.15, -0.1) is 0 Å². The summed E-state index contributed by atoms with van der Waals surface area (Å²) in [5.41, 5.74) is 1.36. The molecule has 0 aliphatic rings. The fourth-order valence-corrected chi connectivity index (χ4v) is 2.11. The van der Waals surface area contributed by atoms with E-state index in [-0.39, 0.29) is 0 Å². The van der Waals surface area contributed by atoms with E-state index >= 15 is 0 Å². The van der Waals surface area contributed by atoms with Gasteiger partial charge in [0.05, 0.1) is 13.2 Å². The largest absolute Gasteiger partial charge is 0.494 e. The number of benzene rings is 2. The summed E-state index contributed by atoms with van der Waals surface area (Å²) in [5, 5.41) is 0. The zero-order valence-electron chi connectivity index (χ0n) is 12.8. The molecule has 0 unspecified atom stereocenters. The lowest BCUT2D eigenvalue weighted by Gasteiger charge is -2.07. The van der Waals surface area contributed by atoms with Crippen molar-refractivity contribution in [3.63, 3.8) is 0 Å². The Morgan fingerprint density at radius 3 is 2.10 bits per heavy atom. The van der Waals surface area contributed by atoms with Crippen molar-refractivity contribution in [2.24, 2.45) is 0 Å². The van der Waals surface area contributed by atoms with Gasteiger partial charge in [0.1, 0.15) is 11.5 Å². The lowest BCUT2D eigenvalue weighted by atomic mass is 10.1. The Morgan fingerprint density at radius 2 is 1.38 bits per heavy atom. The first-order chi connectivity index (χ1) is 10.4. The van der Waals surface area contributed by atoms with Gasteiger partial charge in [-0.05, 0) is 55.5 Å². The van der Waals surface area contributed by atoms with Crippen molar-refractivity contribution in [1.82, 2.24) is 0 Å². The number of hydrogen-bond acceptors (Lipinski definition) is 2. The lowest BCUT2D eigenvalue weighted by molar-refractivity contribution is 0.307. The van der Waals surface area contributed by atoms with Gasteiger partial charge in [0.25, 0.3) is 0 Å². The second-order valence-electron chi connectivity index (χ2n) is 5.11. The third kappa shape index (κ3) is 5.90. The van der Waals surface area contributed by atoms with Crippen LogP contribution < -0.4 is 9.47 Å². The number of para-hydroxylation sites is 1. The molecule has 21 heavy (non-hydrogen) atoms. The van der Waals surface area contributed by atoms with Crippen LogP contribution in [0, 0.1) is 0 Å². The van der Waals surface area contributed by atoms with Gasteiger partial charge >= 0.3 is 0 Å². The molecule has 0 aliphatic carbocycles. The molecule has 2 aromatic carbocycles. The zero-order valence-corrected chi connectivity index (χ0v) is 12.8. The Morgan fingerprint density at radius 1 is 0.714 bits per heavy atom. The number of hydrogen-bond donors (Lipinski definition) is 0. The van der Waals surface area contributed by atoms with Gasteiger partial charge in [0.15, 0.2) is 0 Å². The predicted molar refractivity (Wildman–Crippen MR) is 87.1 cm³/mol. The summed E-state index contributed by atoms with van der Waals surface area (Å²) >= 11 is 0. The lowest BCUT2D eigenvalue weighted by Crippen LogP contribution is -1.98. The third-order valence-electron chi connectivity index (χ3n) is 3.27. The van der Waals surface area contributed by atoms with Crippen molar-refractivity contribution in [3.05, 3.63) is 60.2 Å². The number of unbranched alkanes of at least 4 members (excludes halogenated alkanes) is 1. The maximum absolute atomic E-state index is 5.69. The standard InChI is InChI=1S/C19H24O2/c1-2-15-20-19-13-11-17(12-14-19)8-6-7-16-21-18-9-4-3-5-10-18/h3-5,9-14H,2,6-8,15-16H2,1H3. The molecule has 0 heterocycles. The maximum atomic E-state index is 5.69. The minimum Gasteiger partial charge on any atom is -0.494 e. The molecule has 2 heteroatoms. The smallest absolute Gasteiger partial charge is 0.119 e. The first-order valence-corrected chi connectivity index (χ1v) is 7.78. The van der Waals surface area contributed by atoms with Crippen LogP contribution in [0.15, 0.2) is 54.6 Å². The van der Waals surface area contributed by atoms with Crippen molar-refractivity contribution in [1.29, 1.82) is 0 Å². The van der Waals surface area contributed by atoms with Crippen molar-refractivity contribution in [2.75, 3.05) is 13.2 Å². The molecule has 0 atom stereocenters. The maximum Gasteiger partial charge on any atom is 0.119 e. The summed E-state index contributed by atoms with van der Waals surface area (Å²) < 4.78 is 11.3. The average Bonchev–Trinajstić information content (AvgIpc) is 2.55. The first-order valence-electron chi connectivity index (χ1n) is 7.78. The molecule has 0 spiro atoms. The highest BCUT2D eigenvalue weighted by molar-refractivity contribution is 5.27. The van der Waals surface area contributed by atoms with Crippen molar-refractivity contribution in [2.45, 2.75) is 32.6 Å². The van der Waals surface area contributed by atoms with E-state index in [0.717, 1.165) is 50.4 Å². The molecule has 0 amide bonds. The summed E-state index contributed by atoms with van der Waals surface area (Å²) in [6.07, 6.45) is 4.35. The van der Waals surface area contributed by atoms with Gasteiger partial charge in [-0.1, -0.05) is 37.3 Å². The molecule has 0 saturated carbocycles. The Kier molecular flexibility index (Phi) is 6.66. The molecule has 112 valence electrons. The average molecular weight is 284 g/mol. The van der Waals surface area contributed by atoms with Crippen molar-refractivity contribution in [3.8, 4) is 11.5 Å². The first kappa shape index (κ1) is 15.4. The molecule has 2 nitrogen and oxygen atoms in total. The molecule has 0 aliphatic heterocycles. The molecule has 0 bridgehead atoms. The minimum atomic E-state index is 0.779. The topological polar surface area (TPSA) is 18.5 Å². The highest BCUT2D eigenvalue weighted by atomic mass is 16.5. The second kappa shape index (κ2) is 9.06. The highest BCUT2D eigenvalue weighted by Gasteiger charge is 1.97. The van der Waals surface area contributed by atoms with Crippen LogP contribution in [-0.2, 0) is 6.42 Å². The molecule has 0 aromatic heterocycles. The van der Waals surface area contributed by atoms with Gasteiger partial charge in [0.2, 0.25) is 0 Å². The second-order valence-corrected chi connectivity index (χ2v) is 5.11. The zero-order chi connectivity index (χ0) is 14.8. The van der Waals surface area contributed by atoms with E-state index in [1.54, 1.807) is 0 Å². The van der Waals surface area contributed by atoms with Crippen LogP contribution in [0.2, 0.25) is 0 Å². The Bertz CT molecular complexity index is 491. The van der Waals surface area contributed by atoms with E-state index in [4.69, 9.17) is 9.47 Å². The van der Waals surface area contributed by atoms with E-state index in [0.29, 0.717) is 0 Å². The normalized spacial score (nSPS) is 10.3. The highest BCUT2D eigenvalue weighted by Crippen LogP contribution is 2.14. The van der Waals surface area contributed by atoms with Gasteiger partial charge in [-0.25, -0.2) is 0 Å². The summed E-state index contributed by atoms with van der Waals surface area (Å²) in [7, 11) is 0. The van der Waals surface area contributed by atoms with Crippen LogP contribution in [0.1, 0.15) is 31.7 Å². The van der Waals surface area contributed by atoms with Crippen LogP contribution in [-0.4, -0.2) is 13.2 Å². The van der Waals surface area contributed by atoms with E-state index in [2.05, 4.69) is 31.2 Å².